The molecule has 1 N–H and O–H groups in total. The Morgan fingerprint density at radius 2 is 1.67 bits per heavy atom. The Morgan fingerprint density at radius 1 is 1.04 bits per heavy atom. The first kappa shape index (κ1) is 17.1. The van der Waals surface area contributed by atoms with Gasteiger partial charge in [0, 0.05) is 23.8 Å². The van der Waals surface area contributed by atoms with Crippen molar-refractivity contribution in [1.29, 1.82) is 0 Å². The highest BCUT2D eigenvalue weighted by molar-refractivity contribution is 5.93. The molecule has 132 valence electrons. The minimum absolute atomic E-state index is 0.0180. The lowest BCUT2D eigenvalue weighted by atomic mass is 9.85. The number of hydrogen-bond donors (Lipinski definition) is 1. The molecule has 0 unspecified atom stereocenters. The fraction of sp³-hybridized carbons (Fsp3) is 0.650. The van der Waals surface area contributed by atoms with E-state index in [2.05, 4.69) is 4.90 Å². The number of carbonyl (C=O) groups excluding carboxylic acids is 1. The highest BCUT2D eigenvalue weighted by atomic mass is 16.5. The molecule has 24 heavy (non-hydrogen) atoms. The van der Waals surface area contributed by atoms with Gasteiger partial charge in [0.1, 0.15) is 11.3 Å². The molecule has 2 fully saturated rings. The van der Waals surface area contributed by atoms with Crippen molar-refractivity contribution >= 4 is 11.7 Å². The van der Waals surface area contributed by atoms with E-state index in [1.165, 1.54) is 71.3 Å². The number of esters is 1. The van der Waals surface area contributed by atoms with Crippen LogP contribution in [0.2, 0.25) is 0 Å². The first-order chi connectivity index (χ1) is 11.7. The van der Waals surface area contributed by atoms with Crippen LogP contribution in [0.4, 0.5) is 5.69 Å². The zero-order valence-electron chi connectivity index (χ0n) is 14.7. The monoisotopic (exact) mass is 331 g/mol. The van der Waals surface area contributed by atoms with Crippen LogP contribution in [0.1, 0.15) is 74.6 Å². The average molecular weight is 331 g/mol. The van der Waals surface area contributed by atoms with Crippen molar-refractivity contribution in [3.05, 3.63) is 23.8 Å². The van der Waals surface area contributed by atoms with E-state index >= 15 is 0 Å². The molecular weight excluding hydrogens is 302 g/mol. The molecule has 1 heterocycles. The van der Waals surface area contributed by atoms with Crippen molar-refractivity contribution in [2.45, 2.75) is 69.7 Å². The van der Waals surface area contributed by atoms with Crippen LogP contribution in [0.3, 0.4) is 0 Å². The third-order valence-electron chi connectivity index (χ3n) is 5.83. The number of ether oxygens (including phenoxy) is 1. The van der Waals surface area contributed by atoms with E-state index in [1.807, 2.05) is 6.07 Å². The lowest BCUT2D eigenvalue weighted by Crippen LogP contribution is -2.44. The first-order valence-electron chi connectivity index (χ1n) is 9.35. The van der Waals surface area contributed by atoms with Crippen LogP contribution >= 0.6 is 0 Å². The topological polar surface area (TPSA) is 49.8 Å². The Balaban J connectivity index is 1.86. The summed E-state index contributed by atoms with van der Waals surface area (Å²) in [6, 6.07) is 5.40. The summed E-state index contributed by atoms with van der Waals surface area (Å²) >= 11 is 0. The van der Waals surface area contributed by atoms with E-state index in [0.29, 0.717) is 0 Å². The fourth-order valence-electron chi connectivity index (χ4n) is 4.57. The first-order valence-corrected chi connectivity index (χ1v) is 9.35. The number of carbonyl (C=O) groups is 1. The van der Waals surface area contributed by atoms with Crippen molar-refractivity contribution in [2.24, 2.45) is 0 Å². The Bertz CT molecular complexity index is 574. The zero-order chi connectivity index (χ0) is 17.0. The van der Waals surface area contributed by atoms with Crippen LogP contribution in [0.25, 0.3) is 0 Å². The van der Waals surface area contributed by atoms with Gasteiger partial charge in [0.05, 0.1) is 7.11 Å². The van der Waals surface area contributed by atoms with E-state index in [9.17, 15) is 9.90 Å². The van der Waals surface area contributed by atoms with E-state index in [1.54, 1.807) is 12.1 Å². The number of phenolic OH excluding ortho intramolecular Hbond substituents is 1. The van der Waals surface area contributed by atoms with Gasteiger partial charge in [-0.3, -0.25) is 0 Å². The number of phenols is 1. The summed E-state index contributed by atoms with van der Waals surface area (Å²) in [5.41, 5.74) is 1.52. The van der Waals surface area contributed by atoms with Crippen LogP contribution in [-0.2, 0) is 4.74 Å². The van der Waals surface area contributed by atoms with E-state index in [0.717, 1.165) is 12.2 Å². The SMILES string of the molecule is COC(=O)c1ccc(N2CCCC23CCCCCCCC3)cc1O. The molecule has 1 saturated carbocycles. The molecular formula is C20H29NO3. The average Bonchev–Trinajstić information content (AvgIpc) is 3.04. The molecule has 0 radical (unpaired) electrons. The molecule has 1 aliphatic carbocycles. The molecule has 1 saturated heterocycles. The van der Waals surface area contributed by atoms with Gasteiger partial charge in [0.15, 0.2) is 0 Å². The maximum absolute atomic E-state index is 11.7. The summed E-state index contributed by atoms with van der Waals surface area (Å²) in [5, 5.41) is 10.3. The maximum atomic E-state index is 11.7. The molecule has 3 rings (SSSR count). The summed E-state index contributed by atoms with van der Waals surface area (Å²) < 4.78 is 4.72. The normalized spacial score (nSPS) is 21.1. The molecule has 0 amide bonds. The number of benzene rings is 1. The third-order valence-corrected chi connectivity index (χ3v) is 5.83. The van der Waals surface area contributed by atoms with Crippen LogP contribution < -0.4 is 4.90 Å². The zero-order valence-corrected chi connectivity index (χ0v) is 14.7. The number of aromatic hydroxyl groups is 1. The van der Waals surface area contributed by atoms with Gasteiger partial charge < -0.3 is 14.7 Å². The van der Waals surface area contributed by atoms with Crippen LogP contribution in [0, 0.1) is 0 Å². The van der Waals surface area contributed by atoms with Crippen molar-refractivity contribution in [2.75, 3.05) is 18.6 Å². The molecule has 1 aromatic carbocycles. The summed E-state index contributed by atoms with van der Waals surface area (Å²) in [6.07, 6.45) is 12.9. The second kappa shape index (κ2) is 7.45. The van der Waals surface area contributed by atoms with Gasteiger partial charge in [0.2, 0.25) is 0 Å². The molecule has 1 aliphatic heterocycles. The molecule has 0 aromatic heterocycles. The largest absolute Gasteiger partial charge is 0.507 e. The minimum Gasteiger partial charge on any atom is -0.507 e. The standard InChI is InChI=1S/C20H29NO3/c1-24-19(23)17-10-9-16(15-18(17)22)21-14-8-13-20(21)11-6-4-2-3-5-7-12-20/h9-10,15,22H,2-8,11-14H2,1H3. The second-order valence-corrected chi connectivity index (χ2v) is 7.29. The highest BCUT2D eigenvalue weighted by Crippen LogP contribution is 2.43. The van der Waals surface area contributed by atoms with E-state index in [-0.39, 0.29) is 16.9 Å². The molecule has 0 atom stereocenters. The minimum atomic E-state index is -0.488. The van der Waals surface area contributed by atoms with E-state index in [4.69, 9.17) is 4.74 Å². The molecule has 2 aliphatic rings. The van der Waals surface area contributed by atoms with Crippen molar-refractivity contribution in [3.63, 3.8) is 0 Å². The van der Waals surface area contributed by atoms with Gasteiger partial charge in [-0.25, -0.2) is 4.79 Å². The molecule has 1 spiro atoms. The second-order valence-electron chi connectivity index (χ2n) is 7.29. The van der Waals surface area contributed by atoms with Crippen LogP contribution in [0.15, 0.2) is 18.2 Å². The Kier molecular flexibility index (Phi) is 5.32. The highest BCUT2D eigenvalue weighted by Gasteiger charge is 2.40. The van der Waals surface area contributed by atoms with Gasteiger partial charge in [0.25, 0.3) is 0 Å². The quantitative estimate of drug-likeness (QED) is 0.801. The number of anilines is 1. The van der Waals surface area contributed by atoms with Crippen molar-refractivity contribution in [1.82, 2.24) is 0 Å². The van der Waals surface area contributed by atoms with Crippen LogP contribution in [0.5, 0.6) is 5.75 Å². The van der Waals surface area contributed by atoms with Gasteiger partial charge in [-0.05, 0) is 37.8 Å². The van der Waals surface area contributed by atoms with Crippen molar-refractivity contribution in [3.8, 4) is 5.75 Å². The molecule has 4 heteroatoms. The predicted molar refractivity (Wildman–Crippen MR) is 95.7 cm³/mol. The third kappa shape index (κ3) is 3.38. The Labute approximate surface area is 144 Å². The van der Waals surface area contributed by atoms with Gasteiger partial charge >= 0.3 is 5.97 Å². The lowest BCUT2D eigenvalue weighted by molar-refractivity contribution is 0.0597. The van der Waals surface area contributed by atoms with Crippen LogP contribution in [-0.4, -0.2) is 30.3 Å². The maximum Gasteiger partial charge on any atom is 0.341 e. The van der Waals surface area contributed by atoms with Gasteiger partial charge in [-0.2, -0.15) is 0 Å². The number of rotatable bonds is 2. The fourth-order valence-corrected chi connectivity index (χ4v) is 4.57. The number of methoxy groups -OCH3 is 1. The summed E-state index contributed by atoms with van der Waals surface area (Å²) in [5.74, 6) is -0.470. The Hall–Kier alpha value is -1.71. The molecule has 1 aromatic rings. The number of hydrogen-bond acceptors (Lipinski definition) is 4. The summed E-state index contributed by atoms with van der Waals surface area (Å²) in [4.78, 5) is 14.2. The van der Waals surface area contributed by atoms with Crippen molar-refractivity contribution < 1.29 is 14.6 Å². The summed E-state index contributed by atoms with van der Waals surface area (Å²) in [6.45, 7) is 1.04. The van der Waals surface area contributed by atoms with E-state index < -0.39 is 5.97 Å². The van der Waals surface area contributed by atoms with Gasteiger partial charge in [-0.1, -0.05) is 38.5 Å². The summed E-state index contributed by atoms with van der Waals surface area (Å²) in [7, 11) is 1.34. The molecule has 4 nitrogen and oxygen atoms in total. The smallest absolute Gasteiger partial charge is 0.341 e. The predicted octanol–water partition coefficient (Wildman–Crippen LogP) is 4.65. The number of nitrogens with zero attached hydrogens (tertiary/aromatic N) is 1. The van der Waals surface area contributed by atoms with Gasteiger partial charge in [-0.15, -0.1) is 0 Å². The lowest BCUT2D eigenvalue weighted by Gasteiger charge is -2.41. The molecule has 0 bridgehead atoms. The Morgan fingerprint density at radius 3 is 2.29 bits per heavy atom.